The highest BCUT2D eigenvalue weighted by Gasteiger charge is 2.23. The number of non-ortho nitro benzene ring substituents is 1. The lowest BCUT2D eigenvalue weighted by Gasteiger charge is -2.07. The van der Waals surface area contributed by atoms with E-state index in [1.165, 1.54) is 23.9 Å². The van der Waals surface area contributed by atoms with Crippen molar-refractivity contribution in [1.82, 2.24) is 0 Å². The minimum absolute atomic E-state index is 0.0415. The van der Waals surface area contributed by atoms with Gasteiger partial charge in [-0.05, 0) is 24.1 Å². The molecule has 28 heavy (non-hydrogen) atoms. The molecular formula is C19H15N3O4S2. The minimum atomic E-state index is -0.514. The van der Waals surface area contributed by atoms with Gasteiger partial charge in [-0.3, -0.25) is 19.7 Å². The normalized spacial score (nSPS) is 14.8. The van der Waals surface area contributed by atoms with Gasteiger partial charge in [0, 0.05) is 12.1 Å². The maximum atomic E-state index is 12.2. The lowest BCUT2D eigenvalue weighted by Crippen LogP contribution is -2.15. The van der Waals surface area contributed by atoms with E-state index in [2.05, 4.69) is 10.3 Å². The van der Waals surface area contributed by atoms with Gasteiger partial charge in [0.1, 0.15) is 4.38 Å². The molecule has 2 aromatic rings. The molecule has 1 aliphatic heterocycles. The maximum absolute atomic E-state index is 12.2. The Labute approximate surface area is 169 Å². The van der Waals surface area contributed by atoms with Gasteiger partial charge in [-0.1, -0.05) is 59.9 Å². The van der Waals surface area contributed by atoms with E-state index in [9.17, 15) is 19.7 Å². The van der Waals surface area contributed by atoms with Crippen LogP contribution in [0.1, 0.15) is 11.1 Å². The molecule has 3 rings (SSSR count). The first-order valence-corrected chi connectivity index (χ1v) is 9.98. The van der Waals surface area contributed by atoms with Crippen molar-refractivity contribution in [2.45, 2.75) is 6.92 Å². The van der Waals surface area contributed by atoms with E-state index in [-0.39, 0.29) is 23.3 Å². The molecule has 2 amide bonds. The molecule has 0 radical (unpaired) electrons. The van der Waals surface area contributed by atoms with E-state index in [0.717, 1.165) is 22.9 Å². The van der Waals surface area contributed by atoms with Gasteiger partial charge in [-0.15, -0.1) is 0 Å². The minimum Gasteiger partial charge on any atom is -0.325 e. The number of hydrogen-bond acceptors (Lipinski definition) is 6. The molecule has 0 spiro atoms. The Morgan fingerprint density at radius 1 is 1.29 bits per heavy atom. The monoisotopic (exact) mass is 413 g/mol. The molecule has 0 aliphatic carbocycles. The van der Waals surface area contributed by atoms with Gasteiger partial charge >= 0.3 is 0 Å². The number of thioether (sulfide) groups is 2. The van der Waals surface area contributed by atoms with Gasteiger partial charge in [-0.25, -0.2) is 0 Å². The van der Waals surface area contributed by atoms with Crippen molar-refractivity contribution in [2.24, 2.45) is 4.99 Å². The fourth-order valence-electron chi connectivity index (χ4n) is 2.32. The molecule has 142 valence electrons. The predicted octanol–water partition coefficient (Wildman–Crippen LogP) is 4.25. The Kier molecular flexibility index (Phi) is 6.27. The second-order valence-electron chi connectivity index (χ2n) is 5.80. The van der Waals surface area contributed by atoms with E-state index in [4.69, 9.17) is 0 Å². The summed E-state index contributed by atoms with van der Waals surface area (Å²) >= 11 is 2.38. The number of hydrogen-bond donors (Lipinski definition) is 1. The lowest BCUT2D eigenvalue weighted by molar-refractivity contribution is -0.384. The van der Waals surface area contributed by atoms with Crippen LogP contribution in [0.3, 0.4) is 0 Å². The molecule has 1 aliphatic rings. The summed E-state index contributed by atoms with van der Waals surface area (Å²) in [6.07, 6.45) is 1.76. The first-order chi connectivity index (χ1) is 13.4. The Bertz CT molecular complexity index is 1000. The number of aryl methyl sites for hydroxylation is 1. The second kappa shape index (κ2) is 8.85. The highest BCUT2D eigenvalue weighted by Crippen LogP contribution is 2.33. The third-order valence-electron chi connectivity index (χ3n) is 3.73. The zero-order valence-electron chi connectivity index (χ0n) is 14.7. The van der Waals surface area contributed by atoms with E-state index in [0.29, 0.717) is 15.0 Å². The van der Waals surface area contributed by atoms with Crippen molar-refractivity contribution in [1.29, 1.82) is 0 Å². The van der Waals surface area contributed by atoms with Crippen LogP contribution >= 0.6 is 23.5 Å². The van der Waals surface area contributed by atoms with E-state index in [1.54, 1.807) is 19.1 Å². The fourth-order valence-corrected chi connectivity index (χ4v) is 4.12. The van der Waals surface area contributed by atoms with Crippen LogP contribution in [0.25, 0.3) is 6.08 Å². The molecule has 1 N–H and O–H groups in total. The number of benzene rings is 2. The molecule has 0 saturated heterocycles. The topological polar surface area (TPSA) is 102 Å². The quantitative estimate of drug-likeness (QED) is 0.447. The summed E-state index contributed by atoms with van der Waals surface area (Å²) in [6, 6.07) is 13.7. The van der Waals surface area contributed by atoms with Gasteiger partial charge in [0.25, 0.3) is 11.6 Å². The predicted molar refractivity (Wildman–Crippen MR) is 113 cm³/mol. The molecule has 0 bridgehead atoms. The number of nitro benzene ring substituents is 1. The third kappa shape index (κ3) is 5.08. The molecule has 9 heteroatoms. The third-order valence-corrected chi connectivity index (χ3v) is 5.86. The number of anilines is 1. The summed E-state index contributed by atoms with van der Waals surface area (Å²) in [5.74, 6) is -0.615. The first kappa shape index (κ1) is 19.8. The molecule has 0 fully saturated rings. The maximum Gasteiger partial charge on any atom is 0.285 e. The largest absolute Gasteiger partial charge is 0.325 e. The molecule has 0 unspecified atom stereocenters. The van der Waals surface area contributed by atoms with Gasteiger partial charge < -0.3 is 5.32 Å². The molecular weight excluding hydrogens is 398 g/mol. The number of carbonyl (C=O) groups is 2. The smallest absolute Gasteiger partial charge is 0.285 e. The Morgan fingerprint density at radius 2 is 2.04 bits per heavy atom. The summed E-state index contributed by atoms with van der Waals surface area (Å²) in [4.78, 5) is 39.0. The number of amides is 2. The molecule has 0 saturated carbocycles. The van der Waals surface area contributed by atoms with Crippen molar-refractivity contribution in [3.8, 4) is 0 Å². The summed E-state index contributed by atoms with van der Waals surface area (Å²) in [5, 5.41) is 13.5. The van der Waals surface area contributed by atoms with E-state index < -0.39 is 4.92 Å². The number of nitrogens with one attached hydrogen (secondary N) is 1. The van der Waals surface area contributed by atoms with Gasteiger partial charge in [0.15, 0.2) is 0 Å². The van der Waals surface area contributed by atoms with Crippen LogP contribution in [-0.4, -0.2) is 26.9 Å². The van der Waals surface area contributed by atoms with Crippen LogP contribution in [0.4, 0.5) is 11.4 Å². The number of aliphatic imine (C=N–C) groups is 1. The highest BCUT2D eigenvalue weighted by molar-refractivity contribution is 8.41. The lowest BCUT2D eigenvalue weighted by atomic mass is 10.2. The molecule has 0 atom stereocenters. The molecule has 0 aromatic heterocycles. The zero-order valence-corrected chi connectivity index (χ0v) is 16.4. The Morgan fingerprint density at radius 3 is 2.75 bits per heavy atom. The van der Waals surface area contributed by atoms with Crippen molar-refractivity contribution >= 4 is 57.2 Å². The van der Waals surface area contributed by atoms with Crippen LogP contribution in [0.5, 0.6) is 0 Å². The van der Waals surface area contributed by atoms with Crippen molar-refractivity contribution < 1.29 is 14.5 Å². The van der Waals surface area contributed by atoms with Crippen LogP contribution in [-0.2, 0) is 9.59 Å². The molecule has 7 nitrogen and oxygen atoms in total. The number of carbonyl (C=O) groups excluding carboxylic acids is 2. The van der Waals surface area contributed by atoms with Crippen LogP contribution < -0.4 is 5.32 Å². The summed E-state index contributed by atoms with van der Waals surface area (Å²) < 4.78 is 0.498. The molecule has 2 aromatic carbocycles. The first-order valence-electron chi connectivity index (χ1n) is 8.17. The van der Waals surface area contributed by atoms with Crippen molar-refractivity contribution in [3.63, 3.8) is 0 Å². The number of rotatable bonds is 5. The summed E-state index contributed by atoms with van der Waals surface area (Å²) in [6.45, 7) is 1.75. The fraction of sp³-hybridized carbons (Fsp3) is 0.105. The van der Waals surface area contributed by atoms with Gasteiger partial charge in [0.05, 0.1) is 21.3 Å². The summed E-state index contributed by atoms with van der Waals surface area (Å²) in [5.41, 5.74) is 1.92. The standard InChI is InChI=1S/C19H15N3O4S2/c1-12-7-8-14(22(25)26)10-15(12)20-17(23)11-27-19-21-18(24)16(28-19)9-13-5-3-2-4-6-13/h2-10H,11H2,1H3,(H,20,23). The highest BCUT2D eigenvalue weighted by atomic mass is 32.2. The Hall–Kier alpha value is -2.91. The number of nitro groups is 1. The molecule has 1 heterocycles. The van der Waals surface area contributed by atoms with E-state index in [1.807, 2.05) is 30.3 Å². The Balaban J connectivity index is 1.58. The summed E-state index contributed by atoms with van der Waals surface area (Å²) in [7, 11) is 0. The van der Waals surface area contributed by atoms with Crippen LogP contribution in [0, 0.1) is 17.0 Å². The van der Waals surface area contributed by atoms with Gasteiger partial charge in [0.2, 0.25) is 5.91 Å². The zero-order chi connectivity index (χ0) is 20.1. The average molecular weight is 413 g/mol. The van der Waals surface area contributed by atoms with E-state index >= 15 is 0 Å². The number of nitrogens with zero attached hydrogens (tertiary/aromatic N) is 2. The average Bonchev–Trinajstić information content (AvgIpc) is 3.02. The van der Waals surface area contributed by atoms with Crippen molar-refractivity contribution in [2.75, 3.05) is 11.1 Å². The van der Waals surface area contributed by atoms with Gasteiger partial charge in [-0.2, -0.15) is 4.99 Å². The van der Waals surface area contributed by atoms with Crippen LogP contribution in [0.15, 0.2) is 58.4 Å². The second-order valence-corrected chi connectivity index (χ2v) is 8.05. The van der Waals surface area contributed by atoms with Crippen molar-refractivity contribution in [3.05, 3.63) is 74.7 Å². The van der Waals surface area contributed by atoms with Crippen LogP contribution in [0.2, 0.25) is 0 Å². The SMILES string of the molecule is Cc1ccc([N+](=O)[O-])cc1NC(=O)CSC1=NC(=O)C(=Cc2ccccc2)S1.